The highest BCUT2D eigenvalue weighted by molar-refractivity contribution is 7.20. The molecule has 1 atom stereocenters. The summed E-state index contributed by atoms with van der Waals surface area (Å²) in [6.45, 7) is 9.18. The highest BCUT2D eigenvalue weighted by atomic mass is 32.1. The molecule has 10 heteroatoms. The first-order valence-corrected chi connectivity index (χ1v) is 13.1. The number of carbonyl (C=O) groups is 1. The van der Waals surface area contributed by atoms with E-state index in [2.05, 4.69) is 9.88 Å². The first kappa shape index (κ1) is 27.7. The predicted octanol–water partition coefficient (Wildman–Crippen LogP) is 3.41. The van der Waals surface area contributed by atoms with Crippen molar-refractivity contribution in [3.05, 3.63) is 26.6 Å². The molecule has 2 aromatic rings. The molecule has 0 amide bonds. The fourth-order valence-corrected chi connectivity index (χ4v) is 5.49. The van der Waals surface area contributed by atoms with Gasteiger partial charge in [-0.05, 0) is 46.1 Å². The van der Waals surface area contributed by atoms with Gasteiger partial charge in [-0.25, -0.2) is 9.78 Å². The Balaban J connectivity index is 1.81. The molecule has 0 aromatic carbocycles. The zero-order chi connectivity index (χ0) is 25.6. The summed E-state index contributed by atoms with van der Waals surface area (Å²) >= 11 is 1.17. The Hall–Kier alpha value is -1.85. The summed E-state index contributed by atoms with van der Waals surface area (Å²) in [6, 6.07) is 0.311. The molecule has 9 nitrogen and oxygen atoms in total. The van der Waals surface area contributed by atoms with Gasteiger partial charge in [-0.3, -0.25) is 9.69 Å². The van der Waals surface area contributed by atoms with Crippen LogP contribution in [0.4, 0.5) is 0 Å². The van der Waals surface area contributed by atoms with Crippen LogP contribution in [0.3, 0.4) is 0 Å². The number of aliphatic hydroxyl groups excluding tert-OH is 1. The van der Waals surface area contributed by atoms with Crippen LogP contribution in [0, 0.1) is 6.92 Å². The third-order valence-electron chi connectivity index (χ3n) is 6.15. The van der Waals surface area contributed by atoms with E-state index in [1.807, 2.05) is 20.8 Å². The van der Waals surface area contributed by atoms with Crippen molar-refractivity contribution < 1.29 is 24.1 Å². The minimum Gasteiger partial charge on any atom is -0.459 e. The van der Waals surface area contributed by atoms with Crippen molar-refractivity contribution in [1.29, 1.82) is 0 Å². The maximum absolute atomic E-state index is 13.0. The lowest BCUT2D eigenvalue weighted by Gasteiger charge is -2.35. The van der Waals surface area contributed by atoms with Crippen molar-refractivity contribution in [2.75, 3.05) is 33.5 Å². The molecule has 0 aliphatic heterocycles. The molecule has 0 bridgehead atoms. The number of rotatable bonds is 11. The number of thiophene rings is 1. The van der Waals surface area contributed by atoms with E-state index < -0.39 is 12.1 Å². The van der Waals surface area contributed by atoms with Gasteiger partial charge in [-0.15, -0.1) is 11.3 Å². The van der Waals surface area contributed by atoms with Crippen LogP contribution in [-0.4, -0.2) is 77.2 Å². The van der Waals surface area contributed by atoms with E-state index in [9.17, 15) is 14.7 Å². The van der Waals surface area contributed by atoms with Gasteiger partial charge in [0.15, 0.2) is 0 Å². The Morgan fingerprint density at radius 2 is 1.97 bits per heavy atom. The number of aliphatic hydroxyl groups is 1. The van der Waals surface area contributed by atoms with Gasteiger partial charge in [-0.2, -0.15) is 0 Å². The van der Waals surface area contributed by atoms with Gasteiger partial charge in [-0.1, -0.05) is 19.3 Å². The fraction of sp³-hybridized carbons (Fsp3) is 0.720. The quantitative estimate of drug-likeness (QED) is 0.350. The number of nitrogens with one attached hydrogen (secondary N) is 1. The molecule has 2 aromatic heterocycles. The molecule has 2 heterocycles. The molecule has 1 fully saturated rings. The lowest BCUT2D eigenvalue weighted by atomic mass is 9.94. The second kappa shape index (κ2) is 12.4. The van der Waals surface area contributed by atoms with Gasteiger partial charge < -0.3 is 24.3 Å². The summed E-state index contributed by atoms with van der Waals surface area (Å²) in [4.78, 5) is 36.2. The summed E-state index contributed by atoms with van der Waals surface area (Å²) in [5.41, 5.74) is -0.0185. The molecular weight excluding hydrogens is 470 g/mol. The minimum atomic E-state index is -0.649. The number of H-pyrrole nitrogens is 1. The number of esters is 1. The molecule has 2 N–H and O–H groups in total. The van der Waals surface area contributed by atoms with E-state index in [4.69, 9.17) is 19.2 Å². The van der Waals surface area contributed by atoms with Crippen molar-refractivity contribution in [1.82, 2.24) is 14.9 Å². The van der Waals surface area contributed by atoms with E-state index >= 15 is 0 Å². The average Bonchev–Trinajstić information content (AvgIpc) is 3.14. The largest absolute Gasteiger partial charge is 0.459 e. The zero-order valence-corrected chi connectivity index (χ0v) is 22.3. The average molecular weight is 510 g/mol. The summed E-state index contributed by atoms with van der Waals surface area (Å²) in [5, 5.41) is 11.1. The van der Waals surface area contributed by atoms with Gasteiger partial charge in [0.2, 0.25) is 0 Å². The smallest absolute Gasteiger partial charge is 0.348 e. The van der Waals surface area contributed by atoms with Crippen LogP contribution in [0.1, 0.15) is 73.9 Å². The molecule has 196 valence electrons. The van der Waals surface area contributed by atoms with E-state index in [1.54, 1.807) is 6.92 Å². The highest BCUT2D eigenvalue weighted by Gasteiger charge is 2.26. The van der Waals surface area contributed by atoms with Crippen LogP contribution in [0.15, 0.2) is 4.79 Å². The number of aromatic nitrogens is 2. The third-order valence-corrected chi connectivity index (χ3v) is 7.32. The molecule has 0 unspecified atom stereocenters. The number of hydrogen-bond donors (Lipinski definition) is 2. The van der Waals surface area contributed by atoms with E-state index in [1.165, 1.54) is 24.9 Å². The number of aryl methyl sites for hydroxylation is 1. The van der Waals surface area contributed by atoms with Crippen LogP contribution >= 0.6 is 11.3 Å². The lowest BCUT2D eigenvalue weighted by molar-refractivity contribution is -0.0610. The van der Waals surface area contributed by atoms with Crippen LogP contribution in [0.25, 0.3) is 10.2 Å². The maximum Gasteiger partial charge on any atom is 0.348 e. The molecular formula is C25H39N3O6S. The first-order valence-electron chi connectivity index (χ1n) is 12.3. The molecule has 1 aliphatic rings. The normalized spacial score (nSPS) is 16.2. The Kier molecular flexibility index (Phi) is 9.83. The Morgan fingerprint density at radius 3 is 2.63 bits per heavy atom. The molecule has 1 saturated carbocycles. The van der Waals surface area contributed by atoms with E-state index in [-0.39, 0.29) is 24.4 Å². The molecule has 35 heavy (non-hydrogen) atoms. The molecule has 3 rings (SSSR count). The van der Waals surface area contributed by atoms with Crippen molar-refractivity contribution in [3.63, 3.8) is 0 Å². The number of hydrogen-bond acceptors (Lipinski definition) is 9. The summed E-state index contributed by atoms with van der Waals surface area (Å²) in [6.07, 6.45) is 4.97. The van der Waals surface area contributed by atoms with Crippen molar-refractivity contribution in [2.45, 2.75) is 84.1 Å². The van der Waals surface area contributed by atoms with Crippen molar-refractivity contribution >= 4 is 27.5 Å². The van der Waals surface area contributed by atoms with E-state index in [0.29, 0.717) is 52.2 Å². The van der Waals surface area contributed by atoms with Crippen molar-refractivity contribution in [2.24, 2.45) is 0 Å². The fourth-order valence-electron chi connectivity index (χ4n) is 4.39. The molecule has 0 radical (unpaired) electrons. The number of methoxy groups -OCH3 is 1. The van der Waals surface area contributed by atoms with Crippen LogP contribution in [0.5, 0.6) is 0 Å². The van der Waals surface area contributed by atoms with Crippen LogP contribution in [-0.2, 0) is 20.8 Å². The second-order valence-corrected chi connectivity index (χ2v) is 11.2. The summed E-state index contributed by atoms with van der Waals surface area (Å²) in [7, 11) is 1.54. The van der Waals surface area contributed by atoms with E-state index in [0.717, 1.165) is 25.7 Å². The SMILES string of the molecule is COCCOC(=O)c1sc2nc(CN(C[C@@H](O)COC(C)(C)C)C3CCCCC3)[nH]c(=O)c2c1C. The monoisotopic (exact) mass is 509 g/mol. The summed E-state index contributed by atoms with van der Waals surface area (Å²) < 4.78 is 15.9. The Bertz CT molecular complexity index is 1040. The van der Waals surface area contributed by atoms with Gasteiger partial charge in [0.05, 0.1) is 36.8 Å². The Labute approximate surface area is 210 Å². The first-order chi connectivity index (χ1) is 16.6. The zero-order valence-electron chi connectivity index (χ0n) is 21.5. The van der Waals surface area contributed by atoms with Gasteiger partial charge in [0, 0.05) is 19.7 Å². The van der Waals surface area contributed by atoms with Gasteiger partial charge >= 0.3 is 5.97 Å². The standard InChI is InChI=1S/C25H39N3O6S/c1-16-20-22(30)26-19(27-23(20)35-21(16)24(31)33-12-11-32-5)14-28(17-9-7-6-8-10-17)13-18(29)15-34-25(2,3)4/h17-18,29H,6-15H2,1-5H3,(H,26,27,30)/t18-/m1/s1. The maximum atomic E-state index is 13.0. The molecule has 1 aliphatic carbocycles. The van der Waals surface area contributed by atoms with Crippen LogP contribution < -0.4 is 5.56 Å². The number of aromatic amines is 1. The number of nitrogens with zero attached hydrogens (tertiary/aromatic N) is 2. The summed E-state index contributed by atoms with van der Waals surface area (Å²) in [5.74, 6) is 0.0480. The topological polar surface area (TPSA) is 114 Å². The number of fused-ring (bicyclic) bond motifs is 1. The highest BCUT2D eigenvalue weighted by Crippen LogP contribution is 2.29. The number of carbonyl (C=O) groups excluding carboxylic acids is 1. The van der Waals surface area contributed by atoms with Crippen molar-refractivity contribution in [3.8, 4) is 0 Å². The Morgan fingerprint density at radius 1 is 1.26 bits per heavy atom. The number of ether oxygens (including phenoxy) is 3. The lowest BCUT2D eigenvalue weighted by Crippen LogP contribution is -2.43. The molecule has 0 spiro atoms. The molecule has 0 saturated heterocycles. The van der Waals surface area contributed by atoms with Gasteiger partial charge in [0.25, 0.3) is 5.56 Å². The third kappa shape index (κ3) is 7.82. The minimum absolute atomic E-state index is 0.148. The second-order valence-electron chi connectivity index (χ2n) is 10.2. The predicted molar refractivity (Wildman–Crippen MR) is 136 cm³/mol. The van der Waals surface area contributed by atoms with Gasteiger partial charge in [0.1, 0.15) is 22.1 Å². The van der Waals surface area contributed by atoms with Crippen LogP contribution in [0.2, 0.25) is 0 Å².